The molecule has 4 nitrogen and oxygen atoms in total. The minimum absolute atomic E-state index is 0.253. The Morgan fingerprint density at radius 1 is 1.69 bits per heavy atom. The summed E-state index contributed by atoms with van der Waals surface area (Å²) in [6.07, 6.45) is 5.75. The highest BCUT2D eigenvalue weighted by molar-refractivity contribution is 5.79. The minimum Gasteiger partial charge on any atom is -0.402 e. The molecule has 2 aliphatic rings. The molecule has 1 unspecified atom stereocenters. The third-order valence-electron chi connectivity index (χ3n) is 2.14. The van der Waals surface area contributed by atoms with E-state index in [9.17, 15) is 0 Å². The number of nitrogens with two attached hydrogens (primary N) is 1. The summed E-state index contributed by atoms with van der Waals surface area (Å²) in [5.74, 6) is 0.796. The molecule has 0 saturated heterocycles. The predicted molar refractivity (Wildman–Crippen MR) is 50.7 cm³/mol. The van der Waals surface area contributed by atoms with Crippen LogP contribution in [0.5, 0.6) is 0 Å². The number of hydrogen-bond acceptors (Lipinski definition) is 4. The molecule has 1 aliphatic carbocycles. The van der Waals surface area contributed by atoms with Gasteiger partial charge in [-0.3, -0.25) is 5.48 Å². The van der Waals surface area contributed by atoms with Crippen molar-refractivity contribution in [1.29, 1.82) is 0 Å². The predicted octanol–water partition coefficient (Wildman–Crippen LogP) is 0.829. The second-order valence-electron chi connectivity index (χ2n) is 3.21. The first kappa shape index (κ1) is 8.31. The third-order valence-corrected chi connectivity index (χ3v) is 2.14. The Kier molecular flexibility index (Phi) is 2.06. The first-order valence-electron chi connectivity index (χ1n) is 4.38. The molecule has 0 amide bonds. The smallest absolute Gasteiger partial charge is 0.204 e. The molecule has 0 spiro atoms. The van der Waals surface area contributed by atoms with Crippen molar-refractivity contribution in [3.05, 3.63) is 23.4 Å². The zero-order chi connectivity index (χ0) is 9.26. The first-order valence-corrected chi connectivity index (χ1v) is 4.38. The van der Waals surface area contributed by atoms with Crippen molar-refractivity contribution in [2.24, 2.45) is 10.7 Å². The molecule has 13 heavy (non-hydrogen) atoms. The Labute approximate surface area is 77.1 Å². The molecule has 0 aromatic heterocycles. The normalized spacial score (nSPS) is 27.5. The van der Waals surface area contributed by atoms with Crippen LogP contribution in [0.1, 0.15) is 19.8 Å². The Hall–Kier alpha value is -1.29. The maximum absolute atomic E-state index is 5.86. The molecule has 0 aromatic rings. The highest BCUT2D eigenvalue weighted by Gasteiger charge is 2.21. The van der Waals surface area contributed by atoms with Crippen LogP contribution in [0.4, 0.5) is 0 Å². The van der Waals surface area contributed by atoms with Gasteiger partial charge >= 0.3 is 0 Å². The Morgan fingerprint density at radius 2 is 2.54 bits per heavy atom. The third kappa shape index (κ3) is 1.58. The van der Waals surface area contributed by atoms with Crippen LogP contribution >= 0.6 is 0 Å². The number of hydrogen-bond donors (Lipinski definition) is 2. The summed E-state index contributed by atoms with van der Waals surface area (Å²) in [6.45, 7) is 1.86. The molecular weight excluding hydrogens is 166 g/mol. The van der Waals surface area contributed by atoms with E-state index in [1.807, 2.05) is 13.0 Å². The Morgan fingerprint density at radius 3 is 3.15 bits per heavy atom. The quantitative estimate of drug-likeness (QED) is 0.626. The second-order valence-corrected chi connectivity index (χ2v) is 3.21. The fraction of sp³-hybridized carbons (Fsp3) is 0.444. The van der Waals surface area contributed by atoms with Crippen molar-refractivity contribution in [3.63, 3.8) is 0 Å². The molecule has 0 saturated carbocycles. The van der Waals surface area contributed by atoms with Crippen molar-refractivity contribution >= 4 is 5.84 Å². The molecular formula is C9H13N3O. The van der Waals surface area contributed by atoms with Crippen molar-refractivity contribution in [1.82, 2.24) is 5.48 Å². The zero-order valence-corrected chi connectivity index (χ0v) is 7.58. The average molecular weight is 179 g/mol. The van der Waals surface area contributed by atoms with Gasteiger partial charge in [-0.1, -0.05) is 12.2 Å². The minimum atomic E-state index is -0.253. The lowest BCUT2D eigenvalue weighted by Crippen LogP contribution is -2.19. The molecule has 70 valence electrons. The lowest BCUT2D eigenvalue weighted by Gasteiger charge is -2.14. The van der Waals surface area contributed by atoms with Gasteiger partial charge in [-0.15, -0.1) is 0 Å². The molecule has 1 heterocycles. The summed E-state index contributed by atoms with van der Waals surface area (Å²) in [5.41, 5.74) is 10.4. The van der Waals surface area contributed by atoms with E-state index in [0.717, 1.165) is 29.9 Å². The van der Waals surface area contributed by atoms with Gasteiger partial charge in [0.15, 0.2) is 0 Å². The van der Waals surface area contributed by atoms with Crippen molar-refractivity contribution < 1.29 is 4.84 Å². The van der Waals surface area contributed by atoms with Gasteiger partial charge in [-0.2, -0.15) is 0 Å². The Balaban J connectivity index is 2.21. The van der Waals surface area contributed by atoms with E-state index >= 15 is 0 Å². The van der Waals surface area contributed by atoms with Gasteiger partial charge in [0.25, 0.3) is 0 Å². The van der Waals surface area contributed by atoms with Crippen LogP contribution in [0, 0.1) is 0 Å². The summed E-state index contributed by atoms with van der Waals surface area (Å²) in [7, 11) is 0. The van der Waals surface area contributed by atoms with E-state index in [4.69, 9.17) is 10.6 Å². The van der Waals surface area contributed by atoms with E-state index in [0.29, 0.717) is 0 Å². The number of aliphatic imine (C=N–C) groups is 1. The van der Waals surface area contributed by atoms with E-state index in [-0.39, 0.29) is 6.23 Å². The number of allylic oxidation sites excluding steroid dienone is 2. The zero-order valence-electron chi connectivity index (χ0n) is 7.58. The lowest BCUT2D eigenvalue weighted by molar-refractivity contribution is 0.0615. The van der Waals surface area contributed by atoms with E-state index in [2.05, 4.69) is 16.5 Å². The molecule has 0 radical (unpaired) electrons. The summed E-state index contributed by atoms with van der Waals surface area (Å²) < 4.78 is 0. The highest BCUT2D eigenvalue weighted by Crippen LogP contribution is 2.21. The number of hydroxylamine groups is 1. The van der Waals surface area contributed by atoms with Gasteiger partial charge in [0, 0.05) is 11.3 Å². The van der Waals surface area contributed by atoms with Crippen LogP contribution < -0.4 is 11.2 Å². The monoisotopic (exact) mass is 179 g/mol. The van der Waals surface area contributed by atoms with Gasteiger partial charge < -0.3 is 5.73 Å². The van der Waals surface area contributed by atoms with Gasteiger partial charge in [0.05, 0.1) is 0 Å². The van der Waals surface area contributed by atoms with Gasteiger partial charge in [-0.05, 0) is 19.8 Å². The molecule has 1 aliphatic heterocycles. The molecule has 3 N–H and O–H groups in total. The van der Waals surface area contributed by atoms with Gasteiger partial charge in [0.2, 0.25) is 6.23 Å². The molecule has 4 heteroatoms. The SMILES string of the molecule is CC1=NC(C2=C(N)CCC=C2)ON1. The van der Waals surface area contributed by atoms with Gasteiger partial charge in [-0.25, -0.2) is 9.83 Å². The number of nitrogens with one attached hydrogen (secondary N) is 1. The molecule has 1 atom stereocenters. The van der Waals surface area contributed by atoms with Crippen LogP contribution in [0.3, 0.4) is 0 Å². The van der Waals surface area contributed by atoms with Crippen LogP contribution in [-0.2, 0) is 4.84 Å². The number of nitrogens with zero attached hydrogens (tertiary/aromatic N) is 1. The lowest BCUT2D eigenvalue weighted by atomic mass is 10.0. The summed E-state index contributed by atoms with van der Waals surface area (Å²) in [6, 6.07) is 0. The van der Waals surface area contributed by atoms with Crippen molar-refractivity contribution in [2.45, 2.75) is 26.0 Å². The standard InChI is InChI=1S/C9H13N3O/c1-6-11-9(13-12-6)7-4-2-3-5-8(7)10/h2,4,9H,3,5,10H2,1H3,(H,11,12). The maximum atomic E-state index is 5.86. The fourth-order valence-electron chi connectivity index (χ4n) is 1.44. The van der Waals surface area contributed by atoms with Gasteiger partial charge in [0.1, 0.15) is 5.84 Å². The molecule has 0 bridgehead atoms. The number of amidine groups is 1. The Bertz CT molecular complexity index is 304. The topological polar surface area (TPSA) is 59.6 Å². The van der Waals surface area contributed by atoms with Crippen molar-refractivity contribution in [3.8, 4) is 0 Å². The van der Waals surface area contributed by atoms with Crippen LogP contribution in [-0.4, -0.2) is 12.1 Å². The largest absolute Gasteiger partial charge is 0.402 e. The molecule has 0 aromatic carbocycles. The maximum Gasteiger partial charge on any atom is 0.204 e. The molecule has 2 rings (SSSR count). The fourth-order valence-corrected chi connectivity index (χ4v) is 1.44. The van der Waals surface area contributed by atoms with E-state index < -0.39 is 0 Å². The van der Waals surface area contributed by atoms with E-state index in [1.54, 1.807) is 0 Å². The second kappa shape index (κ2) is 3.22. The van der Waals surface area contributed by atoms with Crippen LogP contribution in [0.2, 0.25) is 0 Å². The highest BCUT2D eigenvalue weighted by atomic mass is 16.7. The average Bonchev–Trinajstić information content (AvgIpc) is 2.53. The van der Waals surface area contributed by atoms with Crippen LogP contribution in [0.15, 0.2) is 28.4 Å². The van der Waals surface area contributed by atoms with Crippen LogP contribution in [0.25, 0.3) is 0 Å². The summed E-state index contributed by atoms with van der Waals surface area (Å²) in [5, 5.41) is 0. The molecule has 0 fully saturated rings. The van der Waals surface area contributed by atoms with Crippen molar-refractivity contribution in [2.75, 3.05) is 0 Å². The van der Waals surface area contributed by atoms with E-state index in [1.165, 1.54) is 0 Å². The summed E-state index contributed by atoms with van der Waals surface area (Å²) in [4.78, 5) is 9.49. The summed E-state index contributed by atoms with van der Waals surface area (Å²) >= 11 is 0. The number of rotatable bonds is 1. The first-order chi connectivity index (χ1) is 6.27.